The van der Waals surface area contributed by atoms with Gasteiger partial charge >= 0.3 is 0 Å². The number of nitrogens with zero attached hydrogens (tertiary/aromatic N) is 2. The number of thiazole rings is 1. The van der Waals surface area contributed by atoms with E-state index in [1.165, 1.54) is 5.56 Å². The summed E-state index contributed by atoms with van der Waals surface area (Å²) in [5.41, 5.74) is 2.25. The molecule has 0 aliphatic rings. The van der Waals surface area contributed by atoms with E-state index in [0.717, 1.165) is 15.8 Å². The molecule has 5 heteroatoms. The minimum atomic E-state index is 0.545. The molecule has 0 atom stereocenters. The van der Waals surface area contributed by atoms with Gasteiger partial charge in [-0.2, -0.15) is 0 Å². The number of aryl methyl sites for hydroxylation is 1. The molecule has 78 valence electrons. The Labute approximate surface area is 102 Å². The zero-order valence-electron chi connectivity index (χ0n) is 8.11. The quantitative estimate of drug-likeness (QED) is 0.617. The molecule has 2 nitrogen and oxygen atoms in total. The van der Waals surface area contributed by atoms with Crippen molar-refractivity contribution in [3.63, 3.8) is 0 Å². The first-order valence-electron chi connectivity index (χ1n) is 4.39. The number of thioether (sulfide) groups is 1. The molecule has 15 heavy (non-hydrogen) atoms. The van der Waals surface area contributed by atoms with Crippen molar-refractivity contribution in [1.29, 1.82) is 0 Å². The number of rotatable bonds is 3. The van der Waals surface area contributed by atoms with Crippen molar-refractivity contribution in [3.05, 3.63) is 40.1 Å². The van der Waals surface area contributed by atoms with Crippen molar-refractivity contribution < 1.29 is 0 Å². The highest BCUT2D eigenvalue weighted by Crippen LogP contribution is 2.26. The Balaban J connectivity index is 1.99. The third-order valence-corrected chi connectivity index (χ3v) is 4.17. The molecule has 0 aliphatic heterocycles. The lowest BCUT2D eigenvalue weighted by atomic mass is 10.3. The summed E-state index contributed by atoms with van der Waals surface area (Å²) in [6.07, 6.45) is 1.73. The normalized spacial score (nSPS) is 10.5. The Morgan fingerprint density at radius 1 is 1.53 bits per heavy atom. The van der Waals surface area contributed by atoms with E-state index in [2.05, 4.69) is 15.3 Å². The zero-order valence-corrected chi connectivity index (χ0v) is 10.5. The molecule has 2 rings (SSSR count). The first-order valence-corrected chi connectivity index (χ1v) is 6.64. The molecule has 2 aromatic heterocycles. The summed E-state index contributed by atoms with van der Waals surface area (Å²) in [5, 5.41) is 2.60. The number of hydrogen-bond acceptors (Lipinski definition) is 4. The molecule has 0 aliphatic carbocycles. The maximum atomic E-state index is 5.80. The van der Waals surface area contributed by atoms with Gasteiger partial charge in [-0.25, -0.2) is 9.97 Å². The molecular formula is C10H9ClN2S2. The van der Waals surface area contributed by atoms with Crippen molar-refractivity contribution in [1.82, 2.24) is 9.97 Å². The second-order valence-electron chi connectivity index (χ2n) is 3.03. The van der Waals surface area contributed by atoms with Gasteiger partial charge in [-0.05, 0) is 24.6 Å². The highest BCUT2D eigenvalue weighted by atomic mass is 35.5. The molecule has 0 saturated carbocycles. The minimum absolute atomic E-state index is 0.545. The van der Waals surface area contributed by atoms with Gasteiger partial charge in [-0.15, -0.1) is 11.3 Å². The topological polar surface area (TPSA) is 25.8 Å². The van der Waals surface area contributed by atoms with Gasteiger partial charge in [0.15, 0.2) is 0 Å². The Morgan fingerprint density at radius 3 is 3.07 bits per heavy atom. The van der Waals surface area contributed by atoms with E-state index < -0.39 is 0 Å². The lowest BCUT2D eigenvalue weighted by Crippen LogP contribution is -1.82. The van der Waals surface area contributed by atoms with Crippen molar-refractivity contribution in [2.24, 2.45) is 0 Å². The summed E-state index contributed by atoms with van der Waals surface area (Å²) in [7, 11) is 0. The average Bonchev–Trinajstić information content (AvgIpc) is 2.62. The second kappa shape index (κ2) is 4.96. The van der Waals surface area contributed by atoms with Gasteiger partial charge in [0, 0.05) is 23.0 Å². The highest BCUT2D eigenvalue weighted by molar-refractivity contribution is 8.00. The van der Waals surface area contributed by atoms with E-state index in [4.69, 9.17) is 11.6 Å². The SMILES string of the molecule is Cc1csc(SCc2ccnc(Cl)c2)n1. The van der Waals surface area contributed by atoms with Crippen LogP contribution in [-0.4, -0.2) is 9.97 Å². The van der Waals surface area contributed by atoms with E-state index in [1.807, 2.05) is 19.1 Å². The van der Waals surface area contributed by atoms with Crippen LogP contribution in [0.15, 0.2) is 28.0 Å². The van der Waals surface area contributed by atoms with Crippen LogP contribution in [0.4, 0.5) is 0 Å². The molecule has 0 amide bonds. The number of pyridine rings is 1. The summed E-state index contributed by atoms with van der Waals surface area (Å²) in [5.74, 6) is 0.884. The van der Waals surface area contributed by atoms with E-state index in [9.17, 15) is 0 Å². The maximum absolute atomic E-state index is 5.80. The Hall–Kier alpha value is -0.580. The molecule has 0 fully saturated rings. The first-order chi connectivity index (χ1) is 7.24. The van der Waals surface area contributed by atoms with Gasteiger partial charge in [0.25, 0.3) is 0 Å². The van der Waals surface area contributed by atoms with E-state index in [0.29, 0.717) is 5.15 Å². The monoisotopic (exact) mass is 256 g/mol. The van der Waals surface area contributed by atoms with Crippen LogP contribution < -0.4 is 0 Å². The molecule has 2 heterocycles. The lowest BCUT2D eigenvalue weighted by molar-refractivity contribution is 1.16. The van der Waals surface area contributed by atoms with Crippen LogP contribution in [0.2, 0.25) is 5.15 Å². The van der Waals surface area contributed by atoms with Gasteiger partial charge in [0.2, 0.25) is 0 Å². The maximum Gasteiger partial charge on any atom is 0.150 e. The predicted octanol–water partition coefficient (Wildman–Crippen LogP) is 3.79. The van der Waals surface area contributed by atoms with Gasteiger partial charge < -0.3 is 0 Å². The van der Waals surface area contributed by atoms with Crippen molar-refractivity contribution in [2.45, 2.75) is 17.0 Å². The first kappa shape index (κ1) is 10.9. The van der Waals surface area contributed by atoms with Gasteiger partial charge in [-0.1, -0.05) is 23.4 Å². The van der Waals surface area contributed by atoms with Crippen LogP contribution in [0.1, 0.15) is 11.3 Å². The summed E-state index contributed by atoms with van der Waals surface area (Å²) in [4.78, 5) is 8.32. The number of halogens is 1. The summed E-state index contributed by atoms with van der Waals surface area (Å²) < 4.78 is 1.10. The summed E-state index contributed by atoms with van der Waals surface area (Å²) in [6, 6.07) is 3.86. The molecule has 0 bridgehead atoms. The molecule has 0 N–H and O–H groups in total. The van der Waals surface area contributed by atoms with Crippen LogP contribution in [0.5, 0.6) is 0 Å². The molecule has 2 aromatic rings. The van der Waals surface area contributed by atoms with Gasteiger partial charge in [-0.3, -0.25) is 0 Å². The second-order valence-corrected chi connectivity index (χ2v) is 5.50. The fraction of sp³-hybridized carbons (Fsp3) is 0.200. The van der Waals surface area contributed by atoms with Crippen LogP contribution >= 0.6 is 34.7 Å². The molecule has 0 radical (unpaired) electrons. The zero-order chi connectivity index (χ0) is 10.7. The summed E-state index contributed by atoms with van der Waals surface area (Å²) >= 11 is 9.20. The number of hydrogen-bond donors (Lipinski definition) is 0. The predicted molar refractivity (Wildman–Crippen MR) is 65.7 cm³/mol. The molecule has 0 spiro atoms. The third kappa shape index (κ3) is 3.19. The van der Waals surface area contributed by atoms with Crippen molar-refractivity contribution >= 4 is 34.7 Å². The molecule has 0 aromatic carbocycles. The minimum Gasteiger partial charge on any atom is -0.245 e. The van der Waals surface area contributed by atoms with E-state index in [1.54, 1.807) is 29.3 Å². The highest BCUT2D eigenvalue weighted by Gasteiger charge is 2.01. The van der Waals surface area contributed by atoms with Crippen LogP contribution in [0.3, 0.4) is 0 Å². The van der Waals surface area contributed by atoms with Crippen LogP contribution in [0, 0.1) is 6.92 Å². The van der Waals surface area contributed by atoms with Crippen LogP contribution in [-0.2, 0) is 5.75 Å². The fourth-order valence-electron chi connectivity index (χ4n) is 1.08. The lowest BCUT2D eigenvalue weighted by Gasteiger charge is -1.98. The Bertz CT molecular complexity index is 456. The van der Waals surface area contributed by atoms with Gasteiger partial charge in [0.1, 0.15) is 9.49 Å². The van der Waals surface area contributed by atoms with Crippen molar-refractivity contribution in [2.75, 3.05) is 0 Å². The van der Waals surface area contributed by atoms with Gasteiger partial charge in [0.05, 0.1) is 0 Å². The average molecular weight is 257 g/mol. The molecular weight excluding hydrogens is 248 g/mol. The number of aromatic nitrogens is 2. The third-order valence-electron chi connectivity index (χ3n) is 1.75. The van der Waals surface area contributed by atoms with Crippen molar-refractivity contribution in [3.8, 4) is 0 Å². The Kier molecular flexibility index (Phi) is 3.61. The summed E-state index contributed by atoms with van der Waals surface area (Å²) in [6.45, 7) is 2.00. The van der Waals surface area contributed by atoms with E-state index >= 15 is 0 Å². The molecule has 0 unspecified atom stereocenters. The largest absolute Gasteiger partial charge is 0.245 e. The Morgan fingerprint density at radius 2 is 2.40 bits per heavy atom. The standard InChI is InChI=1S/C10H9ClN2S2/c1-7-5-14-10(13-7)15-6-8-2-3-12-9(11)4-8/h2-5H,6H2,1H3. The smallest absolute Gasteiger partial charge is 0.150 e. The fourth-order valence-corrected chi connectivity index (χ4v) is 3.06. The van der Waals surface area contributed by atoms with Crippen LogP contribution in [0.25, 0.3) is 0 Å². The molecule has 0 saturated heterocycles. The van der Waals surface area contributed by atoms with E-state index in [-0.39, 0.29) is 0 Å².